The van der Waals surface area contributed by atoms with E-state index in [-0.39, 0.29) is 18.8 Å². The number of aliphatic hydroxyl groups excluding tert-OH is 1. The molecule has 0 fully saturated rings. The van der Waals surface area contributed by atoms with Gasteiger partial charge in [0, 0.05) is 23.7 Å². The Kier molecular flexibility index (Phi) is 6.32. The van der Waals surface area contributed by atoms with Gasteiger partial charge in [0.2, 0.25) is 0 Å². The molecule has 0 bridgehead atoms. The fourth-order valence-electron chi connectivity index (χ4n) is 2.05. The maximum absolute atomic E-state index is 11.8. The van der Waals surface area contributed by atoms with Gasteiger partial charge in [0.05, 0.1) is 11.0 Å². The summed E-state index contributed by atoms with van der Waals surface area (Å²) in [7, 11) is 0. The number of nitrogens with one attached hydrogen (secondary N) is 1. The molecule has 0 saturated heterocycles. The first-order valence-electron chi connectivity index (χ1n) is 7.45. The SMILES string of the molecule is Cc1cc(OCC(=O)NC[C@@H](O)c2ccc([N+](=O)[O-])cc2)ccc1Cl. The van der Waals surface area contributed by atoms with Gasteiger partial charge in [-0.3, -0.25) is 14.9 Å². The first kappa shape index (κ1) is 18.7. The molecule has 1 atom stereocenters. The van der Waals surface area contributed by atoms with Gasteiger partial charge in [0.15, 0.2) is 6.61 Å². The number of nitro groups is 1. The number of aryl methyl sites for hydroxylation is 1. The number of hydrogen-bond donors (Lipinski definition) is 2. The van der Waals surface area contributed by atoms with Crippen LogP contribution < -0.4 is 10.1 Å². The van der Waals surface area contributed by atoms with Crippen LogP contribution in [-0.2, 0) is 4.79 Å². The number of hydrogen-bond acceptors (Lipinski definition) is 5. The Morgan fingerprint density at radius 3 is 2.60 bits per heavy atom. The monoisotopic (exact) mass is 364 g/mol. The zero-order chi connectivity index (χ0) is 18.4. The van der Waals surface area contributed by atoms with Crippen molar-refractivity contribution in [1.29, 1.82) is 0 Å². The zero-order valence-corrected chi connectivity index (χ0v) is 14.2. The van der Waals surface area contributed by atoms with Crippen molar-refractivity contribution in [2.75, 3.05) is 13.2 Å². The summed E-state index contributed by atoms with van der Waals surface area (Å²) in [6.45, 7) is 1.60. The molecule has 2 rings (SSSR count). The molecule has 2 aromatic carbocycles. The Labute approximate surface area is 149 Å². The molecule has 0 saturated carbocycles. The molecule has 7 nitrogen and oxygen atoms in total. The lowest BCUT2D eigenvalue weighted by molar-refractivity contribution is -0.384. The van der Waals surface area contributed by atoms with Gasteiger partial charge in [-0.05, 0) is 48.4 Å². The molecule has 2 aromatic rings. The molecular weight excluding hydrogens is 348 g/mol. The number of non-ortho nitro benzene ring substituents is 1. The highest BCUT2D eigenvalue weighted by atomic mass is 35.5. The number of nitrogens with zero attached hydrogens (tertiary/aromatic N) is 1. The normalized spacial score (nSPS) is 11.6. The molecule has 0 aliphatic carbocycles. The number of benzene rings is 2. The molecule has 0 aromatic heterocycles. The van der Waals surface area contributed by atoms with Crippen LogP contribution in [0.4, 0.5) is 5.69 Å². The molecule has 0 radical (unpaired) electrons. The van der Waals surface area contributed by atoms with Crippen molar-refractivity contribution in [1.82, 2.24) is 5.32 Å². The molecule has 0 aliphatic rings. The fraction of sp³-hybridized carbons (Fsp3) is 0.235. The van der Waals surface area contributed by atoms with Gasteiger partial charge < -0.3 is 15.2 Å². The molecule has 0 spiro atoms. The molecule has 8 heteroatoms. The van der Waals surface area contributed by atoms with E-state index in [4.69, 9.17) is 16.3 Å². The number of amides is 1. The summed E-state index contributed by atoms with van der Waals surface area (Å²) in [5, 5.41) is 23.8. The largest absolute Gasteiger partial charge is 0.484 e. The molecule has 1 amide bonds. The average Bonchev–Trinajstić information content (AvgIpc) is 2.60. The Hall–Kier alpha value is -2.64. The van der Waals surface area contributed by atoms with Crippen molar-refractivity contribution < 1.29 is 19.6 Å². The van der Waals surface area contributed by atoms with Crippen molar-refractivity contribution >= 4 is 23.2 Å². The standard InChI is InChI=1S/C17H17ClN2O5/c1-11-8-14(6-7-15(11)18)25-10-17(22)19-9-16(21)12-2-4-13(5-3-12)20(23)24/h2-8,16,21H,9-10H2,1H3,(H,19,22)/t16-/m1/s1. The third kappa shape index (κ3) is 5.44. The Morgan fingerprint density at radius 2 is 2.00 bits per heavy atom. The summed E-state index contributed by atoms with van der Waals surface area (Å²) in [6, 6.07) is 10.6. The van der Waals surface area contributed by atoms with E-state index < -0.39 is 16.9 Å². The highest BCUT2D eigenvalue weighted by molar-refractivity contribution is 6.31. The number of rotatable bonds is 7. The maximum atomic E-state index is 11.8. The van der Waals surface area contributed by atoms with Crippen LogP contribution in [0.1, 0.15) is 17.2 Å². The Morgan fingerprint density at radius 1 is 1.32 bits per heavy atom. The van der Waals surface area contributed by atoms with E-state index in [1.54, 1.807) is 18.2 Å². The Bertz CT molecular complexity index is 764. The number of halogens is 1. The highest BCUT2D eigenvalue weighted by Crippen LogP contribution is 2.21. The smallest absolute Gasteiger partial charge is 0.269 e. The summed E-state index contributed by atoms with van der Waals surface area (Å²) in [4.78, 5) is 21.9. The number of nitro benzene ring substituents is 1. The minimum atomic E-state index is -0.970. The molecule has 0 unspecified atom stereocenters. The van der Waals surface area contributed by atoms with E-state index in [0.29, 0.717) is 16.3 Å². The summed E-state index contributed by atoms with van der Waals surface area (Å²) < 4.78 is 5.36. The number of carbonyl (C=O) groups excluding carboxylic acids is 1. The predicted octanol–water partition coefficient (Wildman–Crippen LogP) is 2.79. The molecular formula is C17H17ClN2O5. The minimum absolute atomic E-state index is 0.0281. The quantitative estimate of drug-likeness (QED) is 0.581. The van der Waals surface area contributed by atoms with E-state index >= 15 is 0 Å². The van der Waals surface area contributed by atoms with Gasteiger partial charge >= 0.3 is 0 Å². The second-order valence-corrected chi connectivity index (χ2v) is 5.78. The first-order valence-corrected chi connectivity index (χ1v) is 7.82. The molecule has 25 heavy (non-hydrogen) atoms. The van der Waals surface area contributed by atoms with E-state index in [0.717, 1.165) is 5.56 Å². The van der Waals surface area contributed by atoms with Gasteiger partial charge in [0.25, 0.3) is 11.6 Å². The van der Waals surface area contributed by atoms with Crippen LogP contribution in [0, 0.1) is 17.0 Å². The Balaban J connectivity index is 1.80. The van der Waals surface area contributed by atoms with Crippen molar-refractivity contribution in [3.63, 3.8) is 0 Å². The van der Waals surface area contributed by atoms with Crippen molar-refractivity contribution in [2.24, 2.45) is 0 Å². The van der Waals surface area contributed by atoms with Crippen LogP contribution in [0.15, 0.2) is 42.5 Å². The summed E-state index contributed by atoms with van der Waals surface area (Å²) >= 11 is 5.91. The molecule has 132 valence electrons. The van der Waals surface area contributed by atoms with Crippen molar-refractivity contribution in [2.45, 2.75) is 13.0 Å². The van der Waals surface area contributed by atoms with Crippen LogP contribution in [0.25, 0.3) is 0 Å². The summed E-state index contributed by atoms with van der Waals surface area (Å²) in [6.07, 6.45) is -0.970. The van der Waals surface area contributed by atoms with Crippen LogP contribution in [-0.4, -0.2) is 29.1 Å². The van der Waals surface area contributed by atoms with Gasteiger partial charge in [-0.2, -0.15) is 0 Å². The molecule has 0 aliphatic heterocycles. The van der Waals surface area contributed by atoms with Crippen LogP contribution in [0.2, 0.25) is 5.02 Å². The van der Waals surface area contributed by atoms with Gasteiger partial charge in [0.1, 0.15) is 5.75 Å². The van der Waals surface area contributed by atoms with Gasteiger partial charge in [-0.15, -0.1) is 0 Å². The van der Waals surface area contributed by atoms with Gasteiger partial charge in [-0.1, -0.05) is 11.6 Å². The van der Waals surface area contributed by atoms with Crippen LogP contribution >= 0.6 is 11.6 Å². The van der Waals surface area contributed by atoms with E-state index in [2.05, 4.69) is 5.32 Å². The number of carbonyl (C=O) groups is 1. The van der Waals surface area contributed by atoms with Crippen LogP contribution in [0.5, 0.6) is 5.75 Å². The topological polar surface area (TPSA) is 102 Å². The zero-order valence-electron chi connectivity index (χ0n) is 13.4. The summed E-state index contributed by atoms with van der Waals surface area (Å²) in [5.74, 6) is 0.126. The second-order valence-electron chi connectivity index (χ2n) is 5.37. The third-order valence-corrected chi connectivity index (χ3v) is 3.90. The number of ether oxygens (including phenoxy) is 1. The predicted molar refractivity (Wildman–Crippen MR) is 92.7 cm³/mol. The van der Waals surface area contributed by atoms with E-state index in [1.807, 2.05) is 6.92 Å². The maximum Gasteiger partial charge on any atom is 0.269 e. The lowest BCUT2D eigenvalue weighted by Crippen LogP contribution is -2.32. The van der Waals surface area contributed by atoms with Gasteiger partial charge in [-0.25, -0.2) is 0 Å². The second kappa shape index (κ2) is 8.46. The summed E-state index contributed by atoms with van der Waals surface area (Å²) in [5.41, 5.74) is 1.25. The minimum Gasteiger partial charge on any atom is -0.484 e. The third-order valence-electron chi connectivity index (χ3n) is 3.48. The highest BCUT2D eigenvalue weighted by Gasteiger charge is 2.12. The van der Waals surface area contributed by atoms with E-state index in [9.17, 15) is 20.0 Å². The van der Waals surface area contributed by atoms with Crippen LogP contribution in [0.3, 0.4) is 0 Å². The molecule has 2 N–H and O–H groups in total. The lowest BCUT2D eigenvalue weighted by atomic mass is 10.1. The first-order chi connectivity index (χ1) is 11.9. The average molecular weight is 365 g/mol. The fourth-order valence-corrected chi connectivity index (χ4v) is 2.17. The number of aliphatic hydroxyl groups is 1. The molecule has 0 heterocycles. The van der Waals surface area contributed by atoms with Crippen molar-refractivity contribution in [3.8, 4) is 5.75 Å². The lowest BCUT2D eigenvalue weighted by Gasteiger charge is -2.13. The van der Waals surface area contributed by atoms with E-state index in [1.165, 1.54) is 24.3 Å². The van der Waals surface area contributed by atoms with Crippen molar-refractivity contribution in [3.05, 3.63) is 68.7 Å².